The molecule has 0 bridgehead atoms. The maximum atomic E-state index is 12.7. The predicted octanol–water partition coefficient (Wildman–Crippen LogP) is 4.04. The fourth-order valence-electron chi connectivity index (χ4n) is 2.08. The van der Waals surface area contributed by atoms with Crippen LogP contribution < -0.4 is 9.57 Å². The highest BCUT2D eigenvalue weighted by Gasteiger charge is 2.16. The highest BCUT2D eigenvalue weighted by Crippen LogP contribution is 2.28. The Labute approximate surface area is 145 Å². The number of pyridine rings is 1. The Bertz CT molecular complexity index is 860. The summed E-state index contributed by atoms with van der Waals surface area (Å²) in [5.41, 5.74) is 1.62. The summed E-state index contributed by atoms with van der Waals surface area (Å²) in [5.74, 6) is 1.09. The number of rotatable bonds is 6. The average molecular weight is 372 g/mol. The van der Waals surface area contributed by atoms with E-state index in [1.54, 1.807) is 43.6 Å². The molecule has 0 spiro atoms. The van der Waals surface area contributed by atoms with E-state index in [4.69, 9.17) is 16.3 Å². The number of halogens is 3. The molecule has 5 nitrogen and oxygen atoms in total. The van der Waals surface area contributed by atoms with Crippen molar-refractivity contribution in [1.29, 1.82) is 0 Å². The van der Waals surface area contributed by atoms with Crippen molar-refractivity contribution in [1.82, 2.24) is 14.7 Å². The number of nitrogens with zero attached hydrogens (tertiary/aromatic N) is 3. The van der Waals surface area contributed by atoms with Crippen molar-refractivity contribution < 1.29 is 18.4 Å². The van der Waals surface area contributed by atoms with E-state index in [-0.39, 0.29) is 5.16 Å². The number of aromatic nitrogens is 3. The van der Waals surface area contributed by atoms with Crippen molar-refractivity contribution in [2.75, 3.05) is 7.11 Å². The van der Waals surface area contributed by atoms with E-state index >= 15 is 0 Å². The second-order valence-electron chi connectivity index (χ2n) is 4.66. The average Bonchev–Trinajstić information content (AvgIpc) is 2.89. The molecule has 0 atom stereocenters. The Morgan fingerprint density at radius 2 is 2.12 bits per heavy atom. The molecule has 3 aromatic rings. The number of ether oxygens (including phenoxy) is 1. The third kappa shape index (κ3) is 3.70. The minimum Gasteiger partial charge on any atom is -0.497 e. The predicted molar refractivity (Wildman–Crippen MR) is 87.7 cm³/mol. The fraction of sp³-hybridized carbons (Fsp3) is 0.200. The molecule has 0 aliphatic rings. The molecule has 2 heterocycles. The van der Waals surface area contributed by atoms with Crippen LogP contribution in [0.1, 0.15) is 5.69 Å². The van der Waals surface area contributed by atoms with Crippen molar-refractivity contribution in [2.24, 2.45) is 0 Å². The molecule has 0 unspecified atom stereocenters. The summed E-state index contributed by atoms with van der Waals surface area (Å²) in [6.07, 6.45) is 1.62. The van der Waals surface area contributed by atoms with Gasteiger partial charge in [-0.25, -0.2) is 4.98 Å². The summed E-state index contributed by atoms with van der Waals surface area (Å²) in [6, 6.07) is 8.27. The first-order valence-corrected chi connectivity index (χ1v) is 8.18. The van der Waals surface area contributed by atoms with E-state index in [1.807, 2.05) is 0 Å². The number of benzene rings is 1. The van der Waals surface area contributed by atoms with Gasteiger partial charge in [-0.15, -0.1) is 0 Å². The second kappa shape index (κ2) is 7.23. The Balaban J connectivity index is 1.89. The molecule has 1 aromatic carbocycles. The van der Waals surface area contributed by atoms with Crippen LogP contribution in [-0.2, 0) is 5.75 Å². The van der Waals surface area contributed by atoms with Crippen molar-refractivity contribution in [3.8, 4) is 5.75 Å². The van der Waals surface area contributed by atoms with Crippen LogP contribution in [0.5, 0.6) is 5.75 Å². The summed E-state index contributed by atoms with van der Waals surface area (Å²) < 4.78 is 31.6. The molecule has 0 saturated heterocycles. The van der Waals surface area contributed by atoms with Crippen LogP contribution in [0.4, 0.5) is 8.78 Å². The van der Waals surface area contributed by atoms with Gasteiger partial charge in [-0.05, 0) is 24.3 Å². The lowest BCUT2D eigenvalue weighted by molar-refractivity contribution is -0.135. The molecule has 24 heavy (non-hydrogen) atoms. The van der Waals surface area contributed by atoms with Crippen molar-refractivity contribution >= 4 is 34.4 Å². The highest BCUT2D eigenvalue weighted by atomic mass is 35.5. The van der Waals surface area contributed by atoms with Gasteiger partial charge >= 0.3 is 6.61 Å². The highest BCUT2D eigenvalue weighted by molar-refractivity contribution is 7.98. The molecule has 2 aromatic heterocycles. The number of methoxy groups -OCH3 is 1. The van der Waals surface area contributed by atoms with E-state index in [2.05, 4.69) is 14.8 Å². The Morgan fingerprint density at radius 1 is 1.29 bits per heavy atom. The minimum atomic E-state index is -2.97. The van der Waals surface area contributed by atoms with Gasteiger partial charge in [-0.1, -0.05) is 23.4 Å². The lowest BCUT2D eigenvalue weighted by Gasteiger charge is -2.09. The maximum Gasteiger partial charge on any atom is 0.405 e. The van der Waals surface area contributed by atoms with Gasteiger partial charge in [0.15, 0.2) is 0 Å². The molecule has 0 amide bonds. The van der Waals surface area contributed by atoms with Crippen LogP contribution in [0, 0.1) is 0 Å². The standard InChI is InChI=1S/C15H12ClF2N3O2S/c1-22-11-4-5-19-10(7-11)8-24-15-20-12-6-9(16)2-3-13(12)21(15)23-14(17)18/h2-7,14H,8H2,1H3. The van der Waals surface area contributed by atoms with Gasteiger partial charge < -0.3 is 9.57 Å². The summed E-state index contributed by atoms with van der Waals surface area (Å²) in [7, 11) is 1.56. The van der Waals surface area contributed by atoms with Gasteiger partial charge in [0.25, 0.3) is 0 Å². The number of hydrogen-bond acceptors (Lipinski definition) is 5. The molecule has 0 aliphatic heterocycles. The summed E-state index contributed by atoms with van der Waals surface area (Å²) in [4.78, 5) is 13.1. The van der Waals surface area contributed by atoms with E-state index in [0.29, 0.717) is 27.6 Å². The van der Waals surface area contributed by atoms with Gasteiger partial charge in [0.05, 0.1) is 18.3 Å². The number of imidazole rings is 1. The Morgan fingerprint density at radius 3 is 2.88 bits per heavy atom. The van der Waals surface area contributed by atoms with E-state index in [9.17, 15) is 8.78 Å². The summed E-state index contributed by atoms with van der Waals surface area (Å²) in [5, 5.41) is 0.757. The lowest BCUT2D eigenvalue weighted by Crippen LogP contribution is -2.17. The largest absolute Gasteiger partial charge is 0.497 e. The van der Waals surface area contributed by atoms with Gasteiger partial charge in [0.1, 0.15) is 11.3 Å². The van der Waals surface area contributed by atoms with Crippen LogP contribution in [-0.4, -0.2) is 28.4 Å². The third-order valence-corrected chi connectivity index (χ3v) is 4.29. The lowest BCUT2D eigenvalue weighted by atomic mass is 10.3. The van der Waals surface area contributed by atoms with Gasteiger partial charge in [-0.3, -0.25) is 4.98 Å². The molecule has 0 radical (unpaired) electrons. The van der Waals surface area contributed by atoms with Crippen LogP contribution >= 0.6 is 23.4 Å². The zero-order chi connectivity index (χ0) is 17.1. The van der Waals surface area contributed by atoms with E-state index in [0.717, 1.165) is 10.4 Å². The smallest absolute Gasteiger partial charge is 0.405 e. The number of thioether (sulfide) groups is 1. The van der Waals surface area contributed by atoms with Crippen molar-refractivity contribution in [3.63, 3.8) is 0 Å². The summed E-state index contributed by atoms with van der Waals surface area (Å²) >= 11 is 7.15. The van der Waals surface area contributed by atoms with Gasteiger partial charge in [0.2, 0.25) is 5.16 Å². The van der Waals surface area contributed by atoms with E-state index < -0.39 is 6.61 Å². The molecule has 126 valence electrons. The molecule has 0 fully saturated rings. The third-order valence-electron chi connectivity index (χ3n) is 3.10. The van der Waals surface area contributed by atoms with Crippen molar-refractivity contribution in [3.05, 3.63) is 47.2 Å². The number of hydrogen-bond donors (Lipinski definition) is 0. The van der Waals surface area contributed by atoms with Crippen LogP contribution in [0.15, 0.2) is 41.7 Å². The van der Waals surface area contributed by atoms with Crippen molar-refractivity contribution in [2.45, 2.75) is 17.5 Å². The van der Waals surface area contributed by atoms with E-state index in [1.165, 1.54) is 11.8 Å². The number of alkyl halides is 2. The SMILES string of the molecule is COc1ccnc(CSc2nc3cc(Cl)ccc3n2OC(F)F)c1. The molecule has 3 rings (SSSR count). The Hall–Kier alpha value is -2.06. The summed E-state index contributed by atoms with van der Waals surface area (Å²) in [6.45, 7) is -2.97. The first kappa shape index (κ1) is 16.8. The zero-order valence-corrected chi connectivity index (χ0v) is 14.0. The van der Waals surface area contributed by atoms with Gasteiger partial charge in [-0.2, -0.15) is 13.5 Å². The first-order chi connectivity index (χ1) is 11.6. The second-order valence-corrected chi connectivity index (χ2v) is 6.04. The Kier molecular flexibility index (Phi) is 5.06. The molecule has 9 heteroatoms. The molecule has 0 aliphatic carbocycles. The normalized spacial score (nSPS) is 11.2. The topological polar surface area (TPSA) is 49.2 Å². The van der Waals surface area contributed by atoms with Crippen LogP contribution in [0.2, 0.25) is 5.02 Å². The van der Waals surface area contributed by atoms with Gasteiger partial charge in [0, 0.05) is 23.0 Å². The fourth-order valence-corrected chi connectivity index (χ4v) is 3.11. The minimum absolute atomic E-state index is 0.289. The first-order valence-electron chi connectivity index (χ1n) is 6.82. The molecule has 0 saturated carbocycles. The van der Waals surface area contributed by atoms with Crippen LogP contribution in [0.25, 0.3) is 11.0 Å². The molecule has 0 N–H and O–H groups in total. The monoisotopic (exact) mass is 371 g/mol. The quantitative estimate of drug-likeness (QED) is 0.612. The maximum absolute atomic E-state index is 12.7. The van der Waals surface area contributed by atoms with Crippen LogP contribution in [0.3, 0.4) is 0 Å². The molecular weight excluding hydrogens is 360 g/mol. The number of fused-ring (bicyclic) bond motifs is 1. The zero-order valence-electron chi connectivity index (χ0n) is 12.4. The molecular formula is C15H12ClF2N3O2S.